The van der Waals surface area contributed by atoms with Crippen molar-refractivity contribution in [3.8, 4) is 0 Å². The highest BCUT2D eigenvalue weighted by atomic mass is 31.3. The Bertz CT molecular complexity index is 986. The van der Waals surface area contributed by atoms with Crippen molar-refractivity contribution in [1.82, 2.24) is 0 Å². The van der Waals surface area contributed by atoms with Crippen LogP contribution in [0.25, 0.3) is 0 Å². The molecule has 182 valence electrons. The van der Waals surface area contributed by atoms with E-state index in [4.69, 9.17) is 9.63 Å². The van der Waals surface area contributed by atoms with Gasteiger partial charge in [0.1, 0.15) is 24.1 Å². The van der Waals surface area contributed by atoms with Crippen LogP contribution in [0.4, 0.5) is 10.1 Å². The van der Waals surface area contributed by atoms with E-state index in [0.717, 1.165) is 17.0 Å². The number of phosphoric ester groups is 1. The van der Waals surface area contributed by atoms with Gasteiger partial charge in [-0.1, -0.05) is 6.07 Å². The summed E-state index contributed by atoms with van der Waals surface area (Å²) in [7, 11) is -14.2. The lowest BCUT2D eigenvalue weighted by atomic mass is 10.1. The number of amides is 1. The van der Waals surface area contributed by atoms with Crippen molar-refractivity contribution in [1.29, 1.82) is 0 Å². The molecule has 32 heavy (non-hydrogen) atoms. The van der Waals surface area contributed by atoms with Gasteiger partial charge >= 0.3 is 23.2 Å². The summed E-state index contributed by atoms with van der Waals surface area (Å²) in [5.74, 6) is -1.52. The summed E-state index contributed by atoms with van der Waals surface area (Å²) in [4.78, 5) is 41.2. The highest BCUT2D eigenvalue weighted by molar-refractivity contribution is 7.68. The van der Waals surface area contributed by atoms with Gasteiger partial charge in [-0.05, 0) is 18.2 Å². The maximum absolute atomic E-state index is 13.4. The van der Waals surface area contributed by atoms with Gasteiger partial charge in [-0.15, -0.1) is 0 Å². The molecule has 18 heteroatoms. The zero-order valence-electron chi connectivity index (χ0n) is 16.5. The third-order valence-corrected chi connectivity index (χ3v) is 8.16. The van der Waals surface area contributed by atoms with E-state index in [0.29, 0.717) is 6.66 Å². The SMILES string of the molecule is CN(C(=O)C1O[C@H](COP(=O)(O)OP(=O)(O)OP(C)(=O)O)[C@@H](O)[C@H]1O)c1cccc(F)c1. The fraction of sp³-hybridized carbons (Fsp3) is 0.500. The predicted molar refractivity (Wildman–Crippen MR) is 104 cm³/mol. The molecule has 14 nitrogen and oxygen atoms in total. The molecule has 0 radical (unpaired) electrons. The Labute approximate surface area is 180 Å². The number of anilines is 1. The average molecular weight is 523 g/mol. The normalized spacial score (nSPS) is 29.0. The Morgan fingerprint density at radius 2 is 1.75 bits per heavy atom. The number of rotatable bonds is 9. The largest absolute Gasteiger partial charge is 0.488 e. The van der Waals surface area contributed by atoms with Crippen molar-refractivity contribution in [2.45, 2.75) is 24.4 Å². The van der Waals surface area contributed by atoms with Gasteiger partial charge in [0.25, 0.3) is 5.91 Å². The third-order valence-electron chi connectivity index (χ3n) is 3.99. The predicted octanol–water partition coefficient (Wildman–Crippen LogP) is 0.343. The zero-order valence-corrected chi connectivity index (χ0v) is 19.2. The van der Waals surface area contributed by atoms with Crippen molar-refractivity contribution in [3.05, 3.63) is 30.1 Å². The van der Waals surface area contributed by atoms with E-state index < -0.39 is 66.0 Å². The molecule has 4 unspecified atom stereocenters. The molecule has 1 aromatic carbocycles. The number of phosphoric acid groups is 2. The van der Waals surface area contributed by atoms with E-state index in [9.17, 15) is 42.9 Å². The number of aliphatic hydroxyl groups is 2. The second-order valence-corrected chi connectivity index (χ2v) is 11.7. The van der Waals surface area contributed by atoms with Crippen LogP contribution in [-0.4, -0.2) is 75.5 Å². The van der Waals surface area contributed by atoms with E-state index in [2.05, 4.69) is 13.1 Å². The molecular formula is C14H21FNO13P3. The highest BCUT2D eigenvalue weighted by Crippen LogP contribution is 2.66. The summed E-state index contributed by atoms with van der Waals surface area (Å²) in [6.07, 6.45) is -6.84. The average Bonchev–Trinajstić information content (AvgIpc) is 2.90. The number of benzene rings is 1. The second kappa shape index (κ2) is 10.1. The third kappa shape index (κ3) is 7.49. The lowest BCUT2D eigenvalue weighted by Gasteiger charge is -2.22. The Morgan fingerprint density at radius 1 is 1.12 bits per heavy atom. The van der Waals surface area contributed by atoms with Gasteiger partial charge in [0.05, 0.1) is 6.61 Å². The number of carbonyl (C=O) groups is 1. The van der Waals surface area contributed by atoms with E-state index in [1.165, 1.54) is 19.2 Å². The number of likely N-dealkylation sites (N-methyl/N-ethyl adjacent to an activating group) is 1. The van der Waals surface area contributed by atoms with Crippen LogP contribution >= 0.6 is 23.2 Å². The molecule has 1 aromatic rings. The molecule has 7 atom stereocenters. The van der Waals surface area contributed by atoms with Crippen molar-refractivity contribution in [3.63, 3.8) is 0 Å². The first kappa shape index (κ1) is 27.2. The molecule has 0 spiro atoms. The molecule has 0 aliphatic carbocycles. The molecule has 1 aliphatic rings. The summed E-state index contributed by atoms with van der Waals surface area (Å²) >= 11 is 0. The van der Waals surface area contributed by atoms with Crippen LogP contribution in [0.5, 0.6) is 0 Å². The summed E-state index contributed by atoms with van der Waals surface area (Å²) < 4.78 is 64.9. The number of ether oxygens (including phenoxy) is 1. The van der Waals surface area contributed by atoms with Gasteiger partial charge in [-0.25, -0.2) is 17.8 Å². The molecule has 5 N–H and O–H groups in total. The van der Waals surface area contributed by atoms with Crippen molar-refractivity contribution < 1.29 is 65.7 Å². The summed E-state index contributed by atoms with van der Waals surface area (Å²) in [5, 5.41) is 20.2. The van der Waals surface area contributed by atoms with E-state index in [1.807, 2.05) is 0 Å². The minimum absolute atomic E-state index is 0.115. The Hall–Kier alpha value is -1.05. The highest BCUT2D eigenvalue weighted by Gasteiger charge is 2.49. The molecular weight excluding hydrogens is 502 g/mol. The van der Waals surface area contributed by atoms with Crippen LogP contribution < -0.4 is 4.90 Å². The number of aliphatic hydroxyl groups excluding tert-OH is 2. The van der Waals surface area contributed by atoms with Gasteiger partial charge in [-0.3, -0.25) is 13.9 Å². The first-order valence-corrected chi connectivity index (χ1v) is 13.6. The lowest BCUT2D eigenvalue weighted by molar-refractivity contribution is -0.133. The molecule has 1 amide bonds. The smallest absolute Gasteiger partial charge is 0.387 e. The quantitative estimate of drug-likeness (QED) is 0.277. The van der Waals surface area contributed by atoms with Crippen LogP contribution in [0.3, 0.4) is 0 Å². The Kier molecular flexibility index (Phi) is 8.55. The maximum atomic E-state index is 13.4. The van der Waals surface area contributed by atoms with Gasteiger partial charge in [-0.2, -0.15) is 4.31 Å². The number of nitrogens with zero attached hydrogens (tertiary/aromatic N) is 1. The molecule has 1 fully saturated rings. The zero-order chi connectivity index (χ0) is 24.5. The summed E-state index contributed by atoms with van der Waals surface area (Å²) in [5.41, 5.74) is 0.115. The van der Waals surface area contributed by atoms with E-state index >= 15 is 0 Å². The first-order valence-electron chi connectivity index (χ1n) is 8.59. The van der Waals surface area contributed by atoms with Gasteiger partial charge in [0, 0.05) is 19.4 Å². The van der Waals surface area contributed by atoms with Gasteiger partial charge in [0.15, 0.2) is 6.10 Å². The van der Waals surface area contributed by atoms with Crippen LogP contribution in [0.1, 0.15) is 0 Å². The van der Waals surface area contributed by atoms with Crippen LogP contribution in [0, 0.1) is 5.82 Å². The van der Waals surface area contributed by atoms with Crippen LogP contribution in [0.15, 0.2) is 24.3 Å². The topological polar surface area (TPSA) is 210 Å². The maximum Gasteiger partial charge on any atom is 0.488 e. The monoisotopic (exact) mass is 523 g/mol. The van der Waals surface area contributed by atoms with Crippen molar-refractivity contribution in [2.75, 3.05) is 25.2 Å². The van der Waals surface area contributed by atoms with E-state index in [1.54, 1.807) is 0 Å². The Morgan fingerprint density at radius 3 is 2.31 bits per heavy atom. The van der Waals surface area contributed by atoms with Crippen molar-refractivity contribution in [2.24, 2.45) is 0 Å². The number of hydrogen-bond acceptors (Lipinski definition) is 10. The van der Waals surface area contributed by atoms with E-state index in [-0.39, 0.29) is 5.69 Å². The molecule has 0 aromatic heterocycles. The first-order chi connectivity index (χ1) is 14.5. The van der Waals surface area contributed by atoms with Crippen molar-refractivity contribution >= 4 is 34.8 Å². The number of carbonyl (C=O) groups excluding carboxylic acids is 1. The molecule has 1 aliphatic heterocycles. The minimum Gasteiger partial charge on any atom is -0.387 e. The van der Waals surface area contributed by atoms with Gasteiger partial charge < -0.3 is 34.5 Å². The fourth-order valence-electron chi connectivity index (χ4n) is 2.62. The molecule has 1 heterocycles. The standard InChI is InChI=1S/C14H21FNO13P3/c1-16(9-5-3-4-8(15)6-9)14(19)13-12(18)11(17)10(27-13)7-26-31(22,23)29-32(24,25)28-30(2,20)21/h3-6,10-13,17-18H,7H2,1-2H3,(H,20,21)(H,22,23)(H,24,25)/t10-,11-,12-,13?/m1/s1. The van der Waals surface area contributed by atoms with Crippen LogP contribution in [0.2, 0.25) is 0 Å². The molecule has 0 bridgehead atoms. The molecule has 1 saturated heterocycles. The van der Waals surface area contributed by atoms with Gasteiger partial charge in [0.2, 0.25) is 0 Å². The number of hydrogen-bond donors (Lipinski definition) is 5. The number of halogens is 1. The molecule has 0 saturated carbocycles. The molecule has 2 rings (SSSR count). The Balaban J connectivity index is 2.02. The van der Waals surface area contributed by atoms with Crippen LogP contribution in [-0.2, 0) is 36.4 Å². The summed E-state index contributed by atoms with van der Waals surface area (Å²) in [6.45, 7) is -0.493. The second-order valence-electron chi connectivity index (χ2n) is 6.65. The summed E-state index contributed by atoms with van der Waals surface area (Å²) in [6, 6.07) is 4.91. The minimum atomic E-state index is -5.50. The fourth-order valence-corrected chi connectivity index (χ4v) is 6.11. The lowest BCUT2D eigenvalue weighted by Crippen LogP contribution is -2.43.